The van der Waals surface area contributed by atoms with E-state index in [0.29, 0.717) is 24.4 Å². The fourth-order valence-corrected chi connectivity index (χ4v) is 3.55. The van der Waals surface area contributed by atoms with Gasteiger partial charge >= 0.3 is 0 Å². The zero-order chi connectivity index (χ0) is 19.4. The van der Waals surface area contributed by atoms with Crippen LogP contribution in [0.1, 0.15) is 16.9 Å². The van der Waals surface area contributed by atoms with E-state index in [1.54, 1.807) is 50.9 Å². The summed E-state index contributed by atoms with van der Waals surface area (Å²) in [6, 6.07) is 4.43. The molecule has 1 saturated carbocycles. The monoisotopic (exact) mass is 375 g/mol. The van der Waals surface area contributed by atoms with Gasteiger partial charge in [0.05, 0.1) is 24.9 Å². The van der Waals surface area contributed by atoms with Crippen molar-refractivity contribution < 1.29 is 19.7 Å². The first-order chi connectivity index (χ1) is 13.0. The minimum atomic E-state index is -0.835. The molecule has 1 fully saturated rings. The predicted molar refractivity (Wildman–Crippen MR) is 97.2 cm³/mol. The van der Waals surface area contributed by atoms with E-state index in [9.17, 15) is 15.0 Å². The highest BCUT2D eigenvalue weighted by Gasteiger charge is 2.46. The first kappa shape index (κ1) is 19.3. The van der Waals surface area contributed by atoms with Crippen molar-refractivity contribution in [3.8, 4) is 5.75 Å². The van der Waals surface area contributed by atoms with E-state index in [0.717, 1.165) is 0 Å². The minimum absolute atomic E-state index is 0.0454. The van der Waals surface area contributed by atoms with Crippen LogP contribution in [0.2, 0.25) is 0 Å². The van der Waals surface area contributed by atoms with Crippen molar-refractivity contribution in [1.82, 2.24) is 25.0 Å². The SMILES string of the molecule is CN(CCO)[C@@H]1[C@@H](O)[C@H](Oc2cccnc2)C[C@H]1NC(=O)c1ccnn1C. The van der Waals surface area contributed by atoms with E-state index in [1.807, 2.05) is 4.90 Å². The number of likely N-dealkylation sites (N-methyl/N-ethyl adjacent to an activating group) is 1. The molecule has 9 nitrogen and oxygen atoms in total. The Morgan fingerprint density at radius 1 is 1.44 bits per heavy atom. The van der Waals surface area contributed by atoms with Gasteiger partial charge in [-0.15, -0.1) is 0 Å². The molecule has 9 heteroatoms. The molecule has 27 heavy (non-hydrogen) atoms. The average molecular weight is 375 g/mol. The summed E-state index contributed by atoms with van der Waals surface area (Å²) in [7, 11) is 3.50. The second-order valence-corrected chi connectivity index (χ2v) is 6.69. The zero-order valence-electron chi connectivity index (χ0n) is 15.4. The van der Waals surface area contributed by atoms with Crippen LogP contribution >= 0.6 is 0 Å². The van der Waals surface area contributed by atoms with Crippen LogP contribution in [0, 0.1) is 0 Å². The van der Waals surface area contributed by atoms with Crippen molar-refractivity contribution in [3.05, 3.63) is 42.5 Å². The zero-order valence-corrected chi connectivity index (χ0v) is 15.4. The fraction of sp³-hybridized carbons (Fsp3) is 0.500. The Labute approximate surface area is 157 Å². The van der Waals surface area contributed by atoms with Gasteiger partial charge in [-0.3, -0.25) is 19.4 Å². The topological polar surface area (TPSA) is 113 Å². The second-order valence-electron chi connectivity index (χ2n) is 6.69. The van der Waals surface area contributed by atoms with Gasteiger partial charge < -0.3 is 20.3 Å². The van der Waals surface area contributed by atoms with E-state index in [1.165, 1.54) is 4.68 Å². The van der Waals surface area contributed by atoms with Crippen LogP contribution in [0.15, 0.2) is 36.8 Å². The summed E-state index contributed by atoms with van der Waals surface area (Å²) in [5.41, 5.74) is 0.435. The van der Waals surface area contributed by atoms with E-state index in [-0.39, 0.29) is 18.6 Å². The third kappa shape index (κ3) is 4.26. The molecule has 1 aliphatic rings. The van der Waals surface area contributed by atoms with Gasteiger partial charge in [0, 0.05) is 32.4 Å². The Morgan fingerprint density at radius 2 is 2.26 bits per heavy atom. The highest BCUT2D eigenvalue weighted by molar-refractivity contribution is 5.92. The summed E-state index contributed by atoms with van der Waals surface area (Å²) in [4.78, 5) is 18.5. The molecule has 2 aromatic heterocycles. The Balaban J connectivity index is 1.76. The maximum atomic E-state index is 12.6. The summed E-state index contributed by atoms with van der Waals surface area (Å²) in [5.74, 6) is 0.292. The van der Waals surface area contributed by atoms with Gasteiger partial charge in [-0.2, -0.15) is 5.10 Å². The molecule has 0 saturated heterocycles. The quantitative estimate of drug-likeness (QED) is 0.593. The van der Waals surface area contributed by atoms with Crippen LogP contribution in [0.25, 0.3) is 0 Å². The number of hydrogen-bond donors (Lipinski definition) is 3. The van der Waals surface area contributed by atoms with Crippen LogP contribution in [0.5, 0.6) is 5.75 Å². The summed E-state index contributed by atoms with van der Waals surface area (Å²) in [6.07, 6.45) is 3.88. The lowest BCUT2D eigenvalue weighted by molar-refractivity contribution is 0.0108. The molecule has 3 rings (SSSR count). The Kier molecular flexibility index (Phi) is 6.04. The summed E-state index contributed by atoms with van der Waals surface area (Å²) < 4.78 is 7.40. The van der Waals surface area contributed by atoms with Gasteiger partial charge in [-0.25, -0.2) is 0 Å². The smallest absolute Gasteiger partial charge is 0.269 e. The normalized spacial score (nSPS) is 24.9. The lowest BCUT2D eigenvalue weighted by Crippen LogP contribution is -2.53. The predicted octanol–water partition coefficient (Wildman–Crippen LogP) is -0.582. The third-order valence-corrected chi connectivity index (χ3v) is 4.88. The van der Waals surface area contributed by atoms with Crippen LogP contribution in [0.4, 0.5) is 0 Å². The number of nitrogens with one attached hydrogen (secondary N) is 1. The van der Waals surface area contributed by atoms with Crippen molar-refractivity contribution in [3.63, 3.8) is 0 Å². The molecule has 0 spiro atoms. The number of ether oxygens (including phenoxy) is 1. The van der Waals surface area contributed by atoms with Gasteiger partial charge in [0.1, 0.15) is 23.7 Å². The highest BCUT2D eigenvalue weighted by atomic mass is 16.5. The highest BCUT2D eigenvalue weighted by Crippen LogP contribution is 2.28. The Hall–Kier alpha value is -2.49. The first-order valence-electron chi connectivity index (χ1n) is 8.86. The van der Waals surface area contributed by atoms with Crippen LogP contribution in [0.3, 0.4) is 0 Å². The van der Waals surface area contributed by atoms with Crippen molar-refractivity contribution in [2.24, 2.45) is 7.05 Å². The van der Waals surface area contributed by atoms with E-state index < -0.39 is 18.2 Å². The maximum absolute atomic E-state index is 12.6. The second kappa shape index (κ2) is 8.47. The van der Waals surface area contributed by atoms with Gasteiger partial charge in [-0.05, 0) is 25.2 Å². The van der Waals surface area contributed by atoms with Gasteiger partial charge in [0.15, 0.2) is 0 Å². The molecular weight excluding hydrogens is 350 g/mol. The first-order valence-corrected chi connectivity index (χ1v) is 8.86. The van der Waals surface area contributed by atoms with Crippen molar-refractivity contribution >= 4 is 5.91 Å². The lowest BCUT2D eigenvalue weighted by Gasteiger charge is -2.31. The van der Waals surface area contributed by atoms with E-state index in [4.69, 9.17) is 4.74 Å². The molecule has 1 amide bonds. The number of carbonyl (C=O) groups excluding carboxylic acids is 1. The Bertz CT molecular complexity index is 753. The number of pyridine rings is 1. The molecule has 0 bridgehead atoms. The summed E-state index contributed by atoms with van der Waals surface area (Å²) in [5, 5.41) is 27.1. The molecular formula is C18H25N5O4. The number of amides is 1. The molecule has 0 aromatic carbocycles. The van der Waals surface area contributed by atoms with Gasteiger partial charge in [0.25, 0.3) is 5.91 Å². The number of nitrogens with zero attached hydrogens (tertiary/aromatic N) is 4. The molecule has 2 heterocycles. The lowest BCUT2D eigenvalue weighted by atomic mass is 10.1. The minimum Gasteiger partial charge on any atom is -0.486 e. The molecule has 1 aliphatic carbocycles. The standard InChI is InChI=1S/C18H25N5O4/c1-22(8-9-24)16-13(21-18(26)14-5-7-20-23(14)2)10-15(17(16)25)27-12-4-3-6-19-11-12/h3-7,11,13,15-17,24-25H,8-10H2,1-2H3,(H,21,26)/t13-,15-,16+,17+/m1/s1. The number of aromatic nitrogens is 3. The third-order valence-electron chi connectivity index (χ3n) is 4.88. The summed E-state index contributed by atoms with van der Waals surface area (Å²) in [6.45, 7) is 0.329. The van der Waals surface area contributed by atoms with Crippen molar-refractivity contribution in [1.29, 1.82) is 0 Å². The van der Waals surface area contributed by atoms with Crippen LogP contribution in [-0.4, -0.2) is 80.3 Å². The molecule has 3 N–H and O–H groups in total. The number of aryl methyl sites for hydroxylation is 1. The van der Waals surface area contributed by atoms with Crippen molar-refractivity contribution in [2.45, 2.75) is 30.7 Å². The number of aliphatic hydroxyl groups is 2. The molecule has 0 unspecified atom stereocenters. The molecule has 0 aliphatic heterocycles. The molecule has 0 radical (unpaired) electrons. The number of aliphatic hydroxyl groups excluding tert-OH is 2. The van der Waals surface area contributed by atoms with Crippen molar-refractivity contribution in [2.75, 3.05) is 20.2 Å². The van der Waals surface area contributed by atoms with Crippen LogP contribution in [-0.2, 0) is 7.05 Å². The van der Waals surface area contributed by atoms with Gasteiger partial charge in [0.2, 0.25) is 0 Å². The molecule has 2 aromatic rings. The largest absolute Gasteiger partial charge is 0.486 e. The number of hydrogen-bond acceptors (Lipinski definition) is 7. The van der Waals surface area contributed by atoms with E-state index >= 15 is 0 Å². The van der Waals surface area contributed by atoms with E-state index in [2.05, 4.69) is 15.4 Å². The maximum Gasteiger partial charge on any atom is 0.269 e. The molecule has 146 valence electrons. The van der Waals surface area contributed by atoms with Gasteiger partial charge in [-0.1, -0.05) is 0 Å². The average Bonchev–Trinajstić information content (AvgIpc) is 3.20. The number of carbonyl (C=O) groups is 1. The summed E-state index contributed by atoms with van der Waals surface area (Å²) >= 11 is 0. The number of rotatable bonds is 7. The Morgan fingerprint density at radius 3 is 2.89 bits per heavy atom. The van der Waals surface area contributed by atoms with Crippen LogP contribution < -0.4 is 10.1 Å². The fourth-order valence-electron chi connectivity index (χ4n) is 3.55. The molecule has 4 atom stereocenters.